The molecule has 27 heavy (non-hydrogen) atoms. The van der Waals surface area contributed by atoms with Crippen LogP contribution in [0.1, 0.15) is 81.8 Å². The second-order valence-corrected chi connectivity index (χ2v) is 8.10. The van der Waals surface area contributed by atoms with Crippen molar-refractivity contribution >= 4 is 6.29 Å². The van der Waals surface area contributed by atoms with Crippen molar-refractivity contribution < 1.29 is 4.79 Å². The molecule has 0 bridgehead atoms. The van der Waals surface area contributed by atoms with Gasteiger partial charge in [-0.1, -0.05) is 56.5 Å². The van der Waals surface area contributed by atoms with E-state index in [1.165, 1.54) is 68.1 Å². The molecule has 1 aromatic heterocycles. The molecule has 1 aliphatic carbocycles. The summed E-state index contributed by atoms with van der Waals surface area (Å²) in [5.41, 5.74) is 5.05. The number of rotatable bonds is 9. The number of hydrogen-bond acceptors (Lipinski definition) is 2. The first-order chi connectivity index (χ1) is 13.3. The molecule has 144 valence electrons. The number of pyridine rings is 1. The third-order valence-corrected chi connectivity index (χ3v) is 6.10. The molecule has 2 nitrogen and oxygen atoms in total. The molecule has 1 aliphatic rings. The van der Waals surface area contributed by atoms with E-state index in [0.29, 0.717) is 11.8 Å². The standard InChI is InChI=1S/C25H33NO/c1-2-3-4-5-6-21-9-16-25(26-19-21)24-14-12-23(13-15-24)22-10-7-20(8-11-22)17-18-27/h9,12-16,18-20,22H,2-8,10-11,17H2,1H3/t20-,22-. The van der Waals surface area contributed by atoms with Crippen molar-refractivity contribution in [2.45, 2.75) is 77.0 Å². The minimum Gasteiger partial charge on any atom is -0.303 e. The van der Waals surface area contributed by atoms with Crippen LogP contribution in [0.2, 0.25) is 0 Å². The maximum atomic E-state index is 10.7. The molecule has 3 rings (SSSR count). The third kappa shape index (κ3) is 5.76. The highest BCUT2D eigenvalue weighted by Gasteiger charge is 2.22. The first-order valence-electron chi connectivity index (χ1n) is 10.8. The molecule has 0 unspecified atom stereocenters. The van der Waals surface area contributed by atoms with Crippen molar-refractivity contribution in [3.05, 3.63) is 53.7 Å². The topological polar surface area (TPSA) is 30.0 Å². The van der Waals surface area contributed by atoms with Gasteiger partial charge in [0.05, 0.1) is 5.69 Å². The lowest BCUT2D eigenvalue weighted by Gasteiger charge is -2.27. The van der Waals surface area contributed by atoms with Gasteiger partial charge in [-0.25, -0.2) is 0 Å². The summed E-state index contributed by atoms with van der Waals surface area (Å²) in [7, 11) is 0. The van der Waals surface area contributed by atoms with E-state index in [-0.39, 0.29) is 0 Å². The summed E-state index contributed by atoms with van der Waals surface area (Å²) in [5, 5.41) is 0. The molecule has 0 N–H and O–H groups in total. The number of carbonyl (C=O) groups is 1. The van der Waals surface area contributed by atoms with E-state index in [9.17, 15) is 4.79 Å². The fraction of sp³-hybridized carbons (Fsp3) is 0.520. The molecular formula is C25H33NO. The first-order valence-corrected chi connectivity index (χ1v) is 10.8. The highest BCUT2D eigenvalue weighted by atomic mass is 16.1. The molecule has 1 heterocycles. The van der Waals surface area contributed by atoms with Gasteiger partial charge in [-0.05, 0) is 67.6 Å². The van der Waals surface area contributed by atoms with Crippen LogP contribution in [-0.4, -0.2) is 11.3 Å². The average molecular weight is 364 g/mol. The van der Waals surface area contributed by atoms with Crippen LogP contribution in [0, 0.1) is 5.92 Å². The van der Waals surface area contributed by atoms with Crippen molar-refractivity contribution in [2.24, 2.45) is 5.92 Å². The number of hydrogen-bond donors (Lipinski definition) is 0. The number of nitrogens with zero attached hydrogens (tertiary/aromatic N) is 1. The zero-order valence-electron chi connectivity index (χ0n) is 16.7. The van der Waals surface area contributed by atoms with Crippen molar-refractivity contribution in [1.82, 2.24) is 4.98 Å². The van der Waals surface area contributed by atoms with Gasteiger partial charge in [0, 0.05) is 18.2 Å². The molecular weight excluding hydrogens is 330 g/mol. The monoisotopic (exact) mass is 363 g/mol. The second-order valence-electron chi connectivity index (χ2n) is 8.10. The van der Waals surface area contributed by atoms with E-state index in [4.69, 9.17) is 0 Å². The van der Waals surface area contributed by atoms with E-state index in [1.54, 1.807) is 0 Å². The summed E-state index contributed by atoms with van der Waals surface area (Å²) in [5.74, 6) is 1.27. The summed E-state index contributed by atoms with van der Waals surface area (Å²) in [6.45, 7) is 2.25. The molecule has 0 amide bonds. The van der Waals surface area contributed by atoms with Crippen LogP contribution in [-0.2, 0) is 11.2 Å². The molecule has 0 spiro atoms. The Bertz CT molecular complexity index is 681. The third-order valence-electron chi connectivity index (χ3n) is 6.10. The van der Waals surface area contributed by atoms with Crippen LogP contribution < -0.4 is 0 Å². The predicted octanol–water partition coefficient (Wildman–Crippen LogP) is 6.73. The molecule has 1 aromatic carbocycles. The van der Waals surface area contributed by atoms with Crippen molar-refractivity contribution in [1.29, 1.82) is 0 Å². The number of aromatic nitrogens is 1. The zero-order chi connectivity index (χ0) is 18.9. The van der Waals surface area contributed by atoms with E-state index in [0.717, 1.165) is 24.8 Å². The summed E-state index contributed by atoms with van der Waals surface area (Å²) in [6, 6.07) is 13.4. The van der Waals surface area contributed by atoms with Crippen LogP contribution in [0.25, 0.3) is 11.3 Å². The molecule has 2 aromatic rings. The molecule has 0 aliphatic heterocycles. The van der Waals surface area contributed by atoms with Gasteiger partial charge in [-0.3, -0.25) is 4.98 Å². The van der Waals surface area contributed by atoms with Crippen molar-refractivity contribution in [3.8, 4) is 11.3 Å². The number of carbonyl (C=O) groups excluding carboxylic acids is 1. The summed E-state index contributed by atoms with van der Waals surface area (Å²) < 4.78 is 0. The van der Waals surface area contributed by atoms with E-state index in [2.05, 4.69) is 48.3 Å². The lowest BCUT2D eigenvalue weighted by Crippen LogP contribution is -2.13. The van der Waals surface area contributed by atoms with Crippen LogP contribution in [0.3, 0.4) is 0 Å². The van der Waals surface area contributed by atoms with E-state index < -0.39 is 0 Å². The highest BCUT2D eigenvalue weighted by molar-refractivity contribution is 5.59. The summed E-state index contributed by atoms with van der Waals surface area (Å²) >= 11 is 0. The van der Waals surface area contributed by atoms with Gasteiger partial charge in [-0.15, -0.1) is 0 Å². The maximum Gasteiger partial charge on any atom is 0.120 e. The van der Waals surface area contributed by atoms with Crippen LogP contribution in [0.15, 0.2) is 42.6 Å². The van der Waals surface area contributed by atoms with Crippen LogP contribution in [0.4, 0.5) is 0 Å². The highest BCUT2D eigenvalue weighted by Crippen LogP contribution is 2.37. The van der Waals surface area contributed by atoms with Gasteiger partial charge >= 0.3 is 0 Å². The lowest BCUT2D eigenvalue weighted by molar-refractivity contribution is -0.108. The van der Waals surface area contributed by atoms with Gasteiger partial charge < -0.3 is 4.79 Å². The SMILES string of the molecule is CCCCCCc1ccc(-c2ccc([C@H]3CC[C@H](CC=O)CC3)cc2)nc1. The smallest absolute Gasteiger partial charge is 0.120 e. The fourth-order valence-electron chi connectivity index (χ4n) is 4.29. The molecule has 0 atom stereocenters. The van der Waals surface area contributed by atoms with Gasteiger partial charge in [0.25, 0.3) is 0 Å². The van der Waals surface area contributed by atoms with Crippen LogP contribution in [0.5, 0.6) is 0 Å². The van der Waals surface area contributed by atoms with Crippen molar-refractivity contribution in [2.75, 3.05) is 0 Å². The second kappa shape index (κ2) is 10.4. The Morgan fingerprint density at radius 2 is 1.74 bits per heavy atom. The number of aryl methyl sites for hydroxylation is 1. The molecule has 0 radical (unpaired) electrons. The Hall–Kier alpha value is -1.96. The Labute approximate surface area is 164 Å². The number of aldehydes is 1. The van der Waals surface area contributed by atoms with Gasteiger partial charge in [0.1, 0.15) is 6.29 Å². The summed E-state index contributed by atoms with van der Waals surface area (Å²) in [4.78, 5) is 15.4. The summed E-state index contributed by atoms with van der Waals surface area (Å²) in [6.07, 6.45) is 15.0. The maximum absolute atomic E-state index is 10.7. The van der Waals surface area contributed by atoms with E-state index >= 15 is 0 Å². The van der Waals surface area contributed by atoms with Crippen molar-refractivity contribution in [3.63, 3.8) is 0 Å². The molecule has 0 saturated heterocycles. The zero-order valence-corrected chi connectivity index (χ0v) is 16.7. The average Bonchev–Trinajstić information content (AvgIpc) is 2.73. The minimum absolute atomic E-state index is 0.614. The normalized spacial score (nSPS) is 19.7. The first kappa shape index (κ1) is 19.8. The van der Waals surface area contributed by atoms with Gasteiger partial charge in [0.15, 0.2) is 0 Å². The van der Waals surface area contributed by atoms with E-state index in [1.807, 2.05) is 6.20 Å². The number of benzene rings is 1. The quantitative estimate of drug-likeness (QED) is 0.365. The minimum atomic E-state index is 0.614. The van der Waals surface area contributed by atoms with Gasteiger partial charge in [-0.2, -0.15) is 0 Å². The Balaban J connectivity index is 1.55. The number of unbranched alkanes of at least 4 members (excludes halogenated alkanes) is 3. The van der Waals surface area contributed by atoms with Crippen LogP contribution >= 0.6 is 0 Å². The lowest BCUT2D eigenvalue weighted by atomic mass is 9.77. The predicted molar refractivity (Wildman–Crippen MR) is 113 cm³/mol. The molecule has 1 saturated carbocycles. The molecule has 2 heteroatoms. The molecule has 1 fully saturated rings. The Morgan fingerprint density at radius 1 is 0.963 bits per heavy atom. The Morgan fingerprint density at radius 3 is 2.37 bits per heavy atom. The largest absolute Gasteiger partial charge is 0.303 e. The Kier molecular flexibility index (Phi) is 7.62. The van der Waals surface area contributed by atoms with Gasteiger partial charge in [0.2, 0.25) is 0 Å². The fourth-order valence-corrected chi connectivity index (χ4v) is 4.29.